The molecule has 1 unspecified atom stereocenters. The summed E-state index contributed by atoms with van der Waals surface area (Å²) in [5.74, 6) is 0.233. The maximum Gasteiger partial charge on any atom is 0.271 e. The lowest BCUT2D eigenvalue weighted by Crippen LogP contribution is -2.34. The zero-order chi connectivity index (χ0) is 16.2. The van der Waals surface area contributed by atoms with Crippen molar-refractivity contribution in [3.8, 4) is 5.75 Å². The number of fused-ring (bicyclic) bond motifs is 1. The summed E-state index contributed by atoms with van der Waals surface area (Å²) in [7, 11) is 0. The molecule has 0 fully saturated rings. The van der Waals surface area contributed by atoms with Crippen molar-refractivity contribution in [1.29, 1.82) is 0 Å². The SMILES string of the molecule is CC1Oc2ccc(CCNC(=O)c3cnccn3)cc2NC1=O. The quantitative estimate of drug-likeness (QED) is 0.884. The van der Waals surface area contributed by atoms with Gasteiger partial charge in [0.05, 0.1) is 11.9 Å². The topological polar surface area (TPSA) is 93.2 Å². The van der Waals surface area contributed by atoms with E-state index in [1.54, 1.807) is 6.92 Å². The number of aromatic nitrogens is 2. The van der Waals surface area contributed by atoms with Gasteiger partial charge in [-0.15, -0.1) is 0 Å². The van der Waals surface area contributed by atoms with Gasteiger partial charge in [0.2, 0.25) is 0 Å². The van der Waals surface area contributed by atoms with E-state index in [1.165, 1.54) is 18.6 Å². The molecule has 0 radical (unpaired) electrons. The molecule has 0 bridgehead atoms. The second-order valence-electron chi connectivity index (χ2n) is 5.18. The van der Waals surface area contributed by atoms with Crippen molar-refractivity contribution in [3.05, 3.63) is 48.0 Å². The second kappa shape index (κ2) is 6.43. The van der Waals surface area contributed by atoms with Crippen LogP contribution in [-0.4, -0.2) is 34.4 Å². The lowest BCUT2D eigenvalue weighted by Gasteiger charge is -2.23. The van der Waals surface area contributed by atoms with Crippen molar-refractivity contribution in [2.24, 2.45) is 0 Å². The number of anilines is 1. The maximum absolute atomic E-state index is 11.9. The van der Waals surface area contributed by atoms with Crippen molar-refractivity contribution in [1.82, 2.24) is 15.3 Å². The maximum atomic E-state index is 11.9. The number of carbonyl (C=O) groups is 2. The number of amides is 2. The third-order valence-corrected chi connectivity index (χ3v) is 3.47. The standard InChI is InChI=1S/C16H16N4O3/c1-10-15(21)20-12-8-11(2-3-14(12)23-10)4-5-19-16(22)13-9-17-6-7-18-13/h2-3,6-10H,4-5H2,1H3,(H,19,22)(H,20,21). The predicted octanol–water partition coefficient (Wildman–Crippen LogP) is 1.17. The van der Waals surface area contributed by atoms with Gasteiger partial charge in [-0.2, -0.15) is 0 Å². The molecule has 2 heterocycles. The summed E-state index contributed by atoms with van der Waals surface area (Å²) in [6, 6.07) is 5.59. The summed E-state index contributed by atoms with van der Waals surface area (Å²) in [6.07, 6.45) is 4.55. The predicted molar refractivity (Wildman–Crippen MR) is 83.2 cm³/mol. The average molecular weight is 312 g/mol. The van der Waals surface area contributed by atoms with Crippen LogP contribution in [-0.2, 0) is 11.2 Å². The Hall–Kier alpha value is -2.96. The number of hydrogen-bond donors (Lipinski definition) is 2. The monoisotopic (exact) mass is 312 g/mol. The highest BCUT2D eigenvalue weighted by molar-refractivity contribution is 5.97. The Morgan fingerprint density at radius 1 is 1.39 bits per heavy atom. The van der Waals surface area contributed by atoms with Gasteiger partial charge >= 0.3 is 0 Å². The molecule has 1 aromatic carbocycles. The number of hydrogen-bond acceptors (Lipinski definition) is 5. The zero-order valence-corrected chi connectivity index (χ0v) is 12.6. The van der Waals surface area contributed by atoms with E-state index in [9.17, 15) is 9.59 Å². The van der Waals surface area contributed by atoms with Crippen LogP contribution in [0.25, 0.3) is 0 Å². The van der Waals surface area contributed by atoms with Gasteiger partial charge in [-0.1, -0.05) is 6.07 Å². The van der Waals surface area contributed by atoms with Crippen LogP contribution in [0.15, 0.2) is 36.8 Å². The van der Waals surface area contributed by atoms with Crippen LogP contribution in [0.1, 0.15) is 23.0 Å². The number of nitrogens with one attached hydrogen (secondary N) is 2. The minimum absolute atomic E-state index is 0.161. The van der Waals surface area contributed by atoms with Crippen LogP contribution in [0, 0.1) is 0 Å². The first kappa shape index (κ1) is 15.0. The molecule has 0 aliphatic carbocycles. The van der Waals surface area contributed by atoms with Crippen LogP contribution in [0.4, 0.5) is 5.69 Å². The number of ether oxygens (including phenoxy) is 1. The number of carbonyl (C=O) groups excluding carboxylic acids is 2. The van der Waals surface area contributed by atoms with E-state index in [0.717, 1.165) is 5.56 Å². The molecule has 1 aliphatic heterocycles. The minimum Gasteiger partial charge on any atom is -0.479 e. The molecule has 0 saturated carbocycles. The second-order valence-corrected chi connectivity index (χ2v) is 5.18. The lowest BCUT2D eigenvalue weighted by atomic mass is 10.1. The highest BCUT2D eigenvalue weighted by Gasteiger charge is 2.23. The van der Waals surface area contributed by atoms with Gasteiger partial charge < -0.3 is 15.4 Å². The molecule has 0 spiro atoms. The first-order chi connectivity index (χ1) is 11.1. The van der Waals surface area contributed by atoms with Gasteiger partial charge in [-0.3, -0.25) is 14.6 Å². The minimum atomic E-state index is -0.486. The highest BCUT2D eigenvalue weighted by Crippen LogP contribution is 2.30. The number of nitrogens with zero attached hydrogens (tertiary/aromatic N) is 2. The van der Waals surface area contributed by atoms with Gasteiger partial charge in [0.1, 0.15) is 11.4 Å². The fourth-order valence-corrected chi connectivity index (χ4v) is 2.24. The molecular formula is C16H16N4O3. The van der Waals surface area contributed by atoms with Crippen molar-refractivity contribution >= 4 is 17.5 Å². The number of benzene rings is 1. The molecule has 1 aliphatic rings. The molecule has 2 amide bonds. The normalized spacial score (nSPS) is 16.0. The third kappa shape index (κ3) is 3.45. The molecule has 7 nitrogen and oxygen atoms in total. The van der Waals surface area contributed by atoms with Gasteiger partial charge in [0.25, 0.3) is 11.8 Å². The third-order valence-electron chi connectivity index (χ3n) is 3.47. The Kier molecular flexibility index (Phi) is 4.18. The fourth-order valence-electron chi connectivity index (χ4n) is 2.24. The molecule has 0 saturated heterocycles. The van der Waals surface area contributed by atoms with E-state index < -0.39 is 6.10 Å². The van der Waals surface area contributed by atoms with Crippen LogP contribution < -0.4 is 15.4 Å². The molecule has 7 heteroatoms. The Labute approximate surface area is 133 Å². The largest absolute Gasteiger partial charge is 0.479 e. The molecule has 118 valence electrons. The van der Waals surface area contributed by atoms with Gasteiger partial charge in [-0.25, -0.2) is 4.98 Å². The molecule has 1 atom stereocenters. The summed E-state index contributed by atoms with van der Waals surface area (Å²) in [5, 5.41) is 5.59. The van der Waals surface area contributed by atoms with Crippen LogP contribution in [0.2, 0.25) is 0 Å². The van der Waals surface area contributed by atoms with E-state index in [-0.39, 0.29) is 17.5 Å². The van der Waals surface area contributed by atoms with E-state index in [1.807, 2.05) is 18.2 Å². The Morgan fingerprint density at radius 2 is 2.26 bits per heavy atom. The van der Waals surface area contributed by atoms with Gasteiger partial charge in [-0.05, 0) is 31.0 Å². The summed E-state index contributed by atoms with van der Waals surface area (Å²) < 4.78 is 5.50. The molecule has 2 aromatic rings. The Morgan fingerprint density at radius 3 is 3.04 bits per heavy atom. The number of rotatable bonds is 4. The van der Waals surface area contributed by atoms with Crippen molar-refractivity contribution < 1.29 is 14.3 Å². The summed E-state index contributed by atoms with van der Waals surface area (Å²) in [4.78, 5) is 31.3. The van der Waals surface area contributed by atoms with Crippen LogP contribution in [0.5, 0.6) is 5.75 Å². The molecule has 3 rings (SSSR count). The van der Waals surface area contributed by atoms with Gasteiger partial charge in [0.15, 0.2) is 6.10 Å². The molecule has 23 heavy (non-hydrogen) atoms. The summed E-state index contributed by atoms with van der Waals surface area (Å²) >= 11 is 0. The van der Waals surface area contributed by atoms with Crippen molar-refractivity contribution in [2.75, 3.05) is 11.9 Å². The highest BCUT2D eigenvalue weighted by atomic mass is 16.5. The van der Waals surface area contributed by atoms with Gasteiger partial charge in [0, 0.05) is 18.9 Å². The van der Waals surface area contributed by atoms with E-state index in [4.69, 9.17) is 4.74 Å². The molecule has 1 aromatic heterocycles. The first-order valence-electron chi connectivity index (χ1n) is 7.28. The smallest absolute Gasteiger partial charge is 0.271 e. The lowest BCUT2D eigenvalue weighted by molar-refractivity contribution is -0.122. The molecular weight excluding hydrogens is 296 g/mol. The van der Waals surface area contributed by atoms with E-state index in [2.05, 4.69) is 20.6 Å². The first-order valence-corrected chi connectivity index (χ1v) is 7.28. The fraction of sp³-hybridized carbons (Fsp3) is 0.250. The van der Waals surface area contributed by atoms with Crippen molar-refractivity contribution in [3.63, 3.8) is 0 Å². The summed E-state index contributed by atoms with van der Waals surface area (Å²) in [5.41, 5.74) is 1.93. The van der Waals surface area contributed by atoms with Crippen LogP contribution in [0.3, 0.4) is 0 Å². The van der Waals surface area contributed by atoms with E-state index >= 15 is 0 Å². The van der Waals surface area contributed by atoms with E-state index in [0.29, 0.717) is 24.4 Å². The van der Waals surface area contributed by atoms with Crippen LogP contribution >= 0.6 is 0 Å². The van der Waals surface area contributed by atoms with Crippen molar-refractivity contribution in [2.45, 2.75) is 19.4 Å². The summed E-state index contributed by atoms with van der Waals surface area (Å²) in [6.45, 7) is 2.16. The average Bonchev–Trinajstić information content (AvgIpc) is 2.57. The Balaban J connectivity index is 1.58. The zero-order valence-electron chi connectivity index (χ0n) is 12.6. The molecule has 2 N–H and O–H groups in total. The Bertz CT molecular complexity index is 733.